The first kappa shape index (κ1) is 28.1. The Morgan fingerprint density at radius 1 is 1.02 bits per heavy atom. The van der Waals surface area contributed by atoms with Gasteiger partial charge in [-0.15, -0.1) is 0 Å². The van der Waals surface area contributed by atoms with Crippen molar-refractivity contribution in [3.05, 3.63) is 72.0 Å². The van der Waals surface area contributed by atoms with Crippen LogP contribution >= 0.6 is 0 Å². The maximum Gasteiger partial charge on any atom is 0.416 e. The van der Waals surface area contributed by atoms with Crippen molar-refractivity contribution in [3.8, 4) is 16.9 Å². The molecule has 1 fully saturated rings. The summed E-state index contributed by atoms with van der Waals surface area (Å²) in [6.07, 6.45) is -4.17. The fourth-order valence-electron chi connectivity index (χ4n) is 5.27. The molecule has 0 amide bonds. The molecule has 2 aliphatic heterocycles. The van der Waals surface area contributed by atoms with Crippen LogP contribution in [-0.4, -0.2) is 44.9 Å². The zero-order valence-electron chi connectivity index (χ0n) is 21.0. The Balaban J connectivity index is 1.65. The van der Waals surface area contributed by atoms with Crippen molar-refractivity contribution in [2.24, 2.45) is 0 Å². The number of nitrogens with zero attached hydrogens (tertiary/aromatic N) is 2. The van der Waals surface area contributed by atoms with Crippen molar-refractivity contribution in [1.82, 2.24) is 0 Å². The summed E-state index contributed by atoms with van der Waals surface area (Å²) in [4.78, 5) is 1.35. The first-order chi connectivity index (χ1) is 18.6. The molecule has 40 heavy (non-hydrogen) atoms. The SMILES string of the molecule is C[C@@]1(O)CCN2c3ccc(-c4cc(F)cc(OC(F)F)c4)cc3N(S(=O)(=O)c3cccc(C(F)(F)F)c3)C[C@@H]2C1. The van der Waals surface area contributed by atoms with Crippen molar-refractivity contribution in [1.29, 1.82) is 0 Å². The molecule has 0 bridgehead atoms. The van der Waals surface area contributed by atoms with E-state index in [1.807, 2.05) is 4.90 Å². The van der Waals surface area contributed by atoms with Crippen molar-refractivity contribution in [3.63, 3.8) is 0 Å². The summed E-state index contributed by atoms with van der Waals surface area (Å²) in [6, 6.07) is 10.5. The number of hydrogen-bond acceptors (Lipinski definition) is 5. The van der Waals surface area contributed by atoms with Gasteiger partial charge in [0, 0.05) is 12.6 Å². The molecule has 0 aromatic heterocycles. The maximum atomic E-state index is 14.3. The fraction of sp³-hybridized carbons (Fsp3) is 0.333. The van der Waals surface area contributed by atoms with Crippen LogP contribution in [0.15, 0.2) is 65.6 Å². The standard InChI is InChI=1S/C27H24F6N2O4S/c1-26(36)7-8-34-20(14-26)15-35(40(37,38)22-4-2-3-18(12-22)27(31,32)33)24-11-16(5-6-23(24)34)17-9-19(28)13-21(10-17)39-25(29)30/h2-6,9-13,20,25,36H,7-8,14-15H2,1H3/t20-,26+/m0/s1. The second-order valence-electron chi connectivity index (χ2n) is 10.1. The van der Waals surface area contributed by atoms with E-state index in [9.17, 15) is 39.9 Å². The number of ether oxygens (including phenoxy) is 1. The van der Waals surface area contributed by atoms with E-state index in [2.05, 4.69) is 4.74 Å². The van der Waals surface area contributed by atoms with Gasteiger partial charge in [-0.05, 0) is 73.4 Å². The Morgan fingerprint density at radius 2 is 1.77 bits per heavy atom. The third kappa shape index (κ3) is 5.44. The summed E-state index contributed by atoms with van der Waals surface area (Å²) in [6.45, 7) is -1.35. The Hall–Kier alpha value is -3.45. The summed E-state index contributed by atoms with van der Waals surface area (Å²) in [5.74, 6) is -1.30. The molecule has 0 radical (unpaired) electrons. The zero-order valence-corrected chi connectivity index (χ0v) is 21.8. The fourth-order valence-corrected chi connectivity index (χ4v) is 6.82. The second-order valence-corrected chi connectivity index (χ2v) is 12.0. The smallest absolute Gasteiger partial charge is 0.416 e. The van der Waals surface area contributed by atoms with Gasteiger partial charge in [-0.1, -0.05) is 12.1 Å². The molecule has 0 aliphatic carbocycles. The normalized spacial score (nSPS) is 21.3. The van der Waals surface area contributed by atoms with E-state index < -0.39 is 56.5 Å². The molecular weight excluding hydrogens is 562 g/mol. The summed E-state index contributed by atoms with van der Waals surface area (Å²) in [5, 5.41) is 10.7. The lowest BCUT2D eigenvalue weighted by Crippen LogP contribution is -2.57. The summed E-state index contributed by atoms with van der Waals surface area (Å²) in [5.41, 5.74) is -1.25. The van der Waals surface area contributed by atoms with Crippen LogP contribution in [0.4, 0.5) is 37.7 Å². The van der Waals surface area contributed by atoms with Crippen LogP contribution in [0.1, 0.15) is 25.3 Å². The monoisotopic (exact) mass is 586 g/mol. The number of aliphatic hydroxyl groups is 1. The van der Waals surface area contributed by atoms with Gasteiger partial charge in [0.25, 0.3) is 10.0 Å². The van der Waals surface area contributed by atoms with E-state index >= 15 is 0 Å². The quantitative estimate of drug-likeness (QED) is 0.369. The van der Waals surface area contributed by atoms with Gasteiger partial charge in [0.1, 0.15) is 11.6 Å². The number of benzene rings is 3. The van der Waals surface area contributed by atoms with E-state index in [0.29, 0.717) is 24.7 Å². The number of halogens is 6. The highest BCUT2D eigenvalue weighted by Gasteiger charge is 2.43. The zero-order chi connectivity index (χ0) is 29.0. The van der Waals surface area contributed by atoms with Crippen LogP contribution in [0.5, 0.6) is 5.75 Å². The number of rotatable bonds is 5. The van der Waals surface area contributed by atoms with Crippen LogP contribution in [0.3, 0.4) is 0 Å². The Bertz CT molecular complexity index is 1540. The van der Waals surface area contributed by atoms with E-state index in [0.717, 1.165) is 34.6 Å². The third-order valence-corrected chi connectivity index (χ3v) is 8.89. The number of piperidine rings is 1. The molecule has 1 saturated heterocycles. The van der Waals surface area contributed by atoms with Gasteiger partial charge in [-0.25, -0.2) is 12.8 Å². The highest BCUT2D eigenvalue weighted by atomic mass is 32.2. The molecule has 13 heteroatoms. The number of alkyl halides is 5. The Labute approximate surface area is 226 Å². The highest BCUT2D eigenvalue weighted by molar-refractivity contribution is 7.92. The summed E-state index contributed by atoms with van der Waals surface area (Å²) < 4.78 is 113. The molecule has 0 unspecified atom stereocenters. The molecule has 1 N–H and O–H groups in total. The van der Waals surface area contributed by atoms with Crippen molar-refractivity contribution in [2.45, 2.75) is 49.1 Å². The van der Waals surface area contributed by atoms with E-state index in [4.69, 9.17) is 0 Å². The minimum Gasteiger partial charge on any atom is -0.435 e. The lowest BCUT2D eigenvalue weighted by atomic mass is 9.86. The predicted octanol–water partition coefficient (Wildman–Crippen LogP) is 6.04. The predicted molar refractivity (Wildman–Crippen MR) is 135 cm³/mol. The molecule has 214 valence electrons. The average molecular weight is 587 g/mol. The van der Waals surface area contributed by atoms with E-state index in [1.54, 1.807) is 19.1 Å². The van der Waals surface area contributed by atoms with Crippen LogP contribution in [0, 0.1) is 5.82 Å². The van der Waals surface area contributed by atoms with Crippen LogP contribution < -0.4 is 13.9 Å². The largest absolute Gasteiger partial charge is 0.435 e. The summed E-state index contributed by atoms with van der Waals surface area (Å²) in [7, 11) is -4.55. The van der Waals surface area contributed by atoms with Gasteiger partial charge in [0.05, 0.1) is 40.0 Å². The lowest BCUT2D eigenvalue weighted by molar-refractivity contribution is -0.137. The average Bonchev–Trinajstić information content (AvgIpc) is 2.86. The number of anilines is 2. The summed E-state index contributed by atoms with van der Waals surface area (Å²) >= 11 is 0. The molecule has 2 aliphatic rings. The molecule has 3 aromatic carbocycles. The Morgan fingerprint density at radius 3 is 2.48 bits per heavy atom. The maximum absolute atomic E-state index is 14.3. The topological polar surface area (TPSA) is 70.1 Å². The molecule has 5 rings (SSSR count). The van der Waals surface area contributed by atoms with Gasteiger partial charge in [0.15, 0.2) is 0 Å². The van der Waals surface area contributed by atoms with Gasteiger partial charge in [0.2, 0.25) is 0 Å². The molecule has 6 nitrogen and oxygen atoms in total. The third-order valence-electron chi connectivity index (χ3n) is 7.12. The molecule has 2 heterocycles. The van der Waals surface area contributed by atoms with Gasteiger partial charge in [-0.3, -0.25) is 4.31 Å². The minimum absolute atomic E-state index is 0.119. The van der Waals surface area contributed by atoms with E-state index in [-0.39, 0.29) is 29.8 Å². The number of fused-ring (bicyclic) bond motifs is 3. The molecule has 3 aromatic rings. The van der Waals surface area contributed by atoms with Crippen molar-refractivity contribution < 1.29 is 44.6 Å². The van der Waals surface area contributed by atoms with Crippen molar-refractivity contribution in [2.75, 3.05) is 22.3 Å². The van der Waals surface area contributed by atoms with Crippen molar-refractivity contribution >= 4 is 21.4 Å². The molecule has 0 spiro atoms. The number of hydrogen-bond donors (Lipinski definition) is 1. The van der Waals surface area contributed by atoms with Gasteiger partial charge < -0.3 is 14.7 Å². The van der Waals surface area contributed by atoms with Crippen LogP contribution in [0.2, 0.25) is 0 Å². The minimum atomic E-state index is -4.77. The molecule has 2 atom stereocenters. The lowest BCUT2D eigenvalue weighted by Gasteiger charge is -2.49. The molecule has 0 saturated carbocycles. The molecular formula is C27H24F6N2O4S. The Kier molecular flexibility index (Phi) is 6.94. The first-order valence-corrected chi connectivity index (χ1v) is 13.7. The van der Waals surface area contributed by atoms with Crippen LogP contribution in [0.25, 0.3) is 11.1 Å². The van der Waals surface area contributed by atoms with E-state index in [1.165, 1.54) is 12.1 Å². The first-order valence-electron chi connectivity index (χ1n) is 12.2. The number of sulfonamides is 1. The van der Waals surface area contributed by atoms with Gasteiger partial charge in [-0.2, -0.15) is 22.0 Å². The van der Waals surface area contributed by atoms with Crippen LogP contribution in [-0.2, 0) is 16.2 Å². The van der Waals surface area contributed by atoms with Gasteiger partial charge >= 0.3 is 12.8 Å². The highest BCUT2D eigenvalue weighted by Crippen LogP contribution is 2.45. The second kappa shape index (κ2) is 9.88.